The molecule has 5 rings (SSSR count). The maximum atomic E-state index is 12.1. The van der Waals surface area contributed by atoms with Gasteiger partial charge in [0.05, 0.1) is 26.1 Å². The largest absolute Gasteiger partial charge is 0.392 e. The third-order valence-corrected chi connectivity index (χ3v) is 6.59. The van der Waals surface area contributed by atoms with Crippen LogP contribution < -0.4 is 4.90 Å². The lowest BCUT2D eigenvalue weighted by atomic mass is 10.0. The maximum Gasteiger partial charge on any atom is 0.222 e. The molecule has 0 saturated carbocycles. The van der Waals surface area contributed by atoms with Gasteiger partial charge in [0.15, 0.2) is 22.8 Å². The molecule has 9 nitrogen and oxygen atoms in total. The van der Waals surface area contributed by atoms with Gasteiger partial charge in [0.2, 0.25) is 5.91 Å². The van der Waals surface area contributed by atoms with Crippen molar-refractivity contribution >= 4 is 22.9 Å². The van der Waals surface area contributed by atoms with Gasteiger partial charge in [0.1, 0.15) is 0 Å². The summed E-state index contributed by atoms with van der Waals surface area (Å²) in [7, 11) is 0. The minimum atomic E-state index is -0.0284. The summed E-state index contributed by atoms with van der Waals surface area (Å²) in [6.07, 6.45) is 4.18. The summed E-state index contributed by atoms with van der Waals surface area (Å²) in [6, 6.07) is 7.94. The molecule has 0 atom stereocenters. The Morgan fingerprint density at radius 1 is 1.15 bits per heavy atom. The van der Waals surface area contributed by atoms with Crippen molar-refractivity contribution in [3.8, 4) is 11.4 Å². The molecule has 0 radical (unpaired) electrons. The van der Waals surface area contributed by atoms with Gasteiger partial charge in [-0.2, -0.15) is 0 Å². The fraction of sp³-hybridized carbons (Fsp3) is 0.500. The number of ether oxygens (including phenoxy) is 1. The highest BCUT2D eigenvalue weighted by Gasteiger charge is 2.27. The molecule has 3 aromatic rings. The molecule has 174 valence electrons. The first-order valence-electron chi connectivity index (χ1n) is 11.7. The fourth-order valence-corrected chi connectivity index (χ4v) is 4.72. The van der Waals surface area contributed by atoms with Crippen LogP contribution in [0.5, 0.6) is 0 Å². The van der Waals surface area contributed by atoms with Crippen LogP contribution in [0.3, 0.4) is 0 Å². The van der Waals surface area contributed by atoms with Crippen molar-refractivity contribution in [2.75, 3.05) is 44.3 Å². The first kappa shape index (κ1) is 21.8. The molecule has 0 aliphatic carbocycles. The zero-order valence-electron chi connectivity index (χ0n) is 19.0. The summed E-state index contributed by atoms with van der Waals surface area (Å²) in [5.41, 5.74) is 3.31. The van der Waals surface area contributed by atoms with Crippen LogP contribution in [-0.4, -0.2) is 74.8 Å². The molecule has 4 heterocycles. The molecule has 0 unspecified atom stereocenters. The summed E-state index contributed by atoms with van der Waals surface area (Å²) < 4.78 is 7.71. The van der Waals surface area contributed by atoms with E-state index in [0.29, 0.717) is 25.5 Å². The van der Waals surface area contributed by atoms with Gasteiger partial charge in [-0.1, -0.05) is 25.1 Å². The summed E-state index contributed by atoms with van der Waals surface area (Å²) in [5, 5.41) is 9.59. The second-order valence-electron chi connectivity index (χ2n) is 8.62. The van der Waals surface area contributed by atoms with Crippen LogP contribution in [0.2, 0.25) is 0 Å². The molecule has 2 aliphatic heterocycles. The van der Waals surface area contributed by atoms with E-state index in [-0.39, 0.29) is 18.6 Å². The van der Waals surface area contributed by atoms with Gasteiger partial charge in [0.25, 0.3) is 0 Å². The molecule has 1 amide bonds. The number of aromatic nitrogens is 4. The van der Waals surface area contributed by atoms with Crippen LogP contribution in [0.25, 0.3) is 22.6 Å². The molecular formula is C24H30N6O3. The number of anilines is 1. The highest BCUT2D eigenvalue weighted by molar-refractivity contribution is 5.86. The van der Waals surface area contributed by atoms with Crippen LogP contribution in [0.4, 0.5) is 5.82 Å². The number of carbonyl (C=O) groups is 1. The smallest absolute Gasteiger partial charge is 0.222 e. The Labute approximate surface area is 193 Å². The molecule has 0 bridgehead atoms. The zero-order chi connectivity index (χ0) is 22.8. The number of hydrogen-bond acceptors (Lipinski definition) is 7. The van der Waals surface area contributed by atoms with Crippen molar-refractivity contribution in [1.82, 2.24) is 24.4 Å². The van der Waals surface area contributed by atoms with E-state index in [1.54, 1.807) is 0 Å². The van der Waals surface area contributed by atoms with E-state index >= 15 is 0 Å². The number of aliphatic hydroxyl groups is 1. The van der Waals surface area contributed by atoms with Crippen molar-refractivity contribution in [2.24, 2.45) is 0 Å². The first-order valence-corrected chi connectivity index (χ1v) is 11.7. The minimum absolute atomic E-state index is 0.0284. The number of likely N-dealkylation sites (tertiary alicyclic amines) is 1. The highest BCUT2D eigenvalue weighted by Crippen LogP contribution is 2.32. The van der Waals surface area contributed by atoms with E-state index in [2.05, 4.69) is 9.47 Å². The predicted molar refractivity (Wildman–Crippen MR) is 125 cm³/mol. The highest BCUT2D eigenvalue weighted by atomic mass is 16.5. The van der Waals surface area contributed by atoms with Gasteiger partial charge >= 0.3 is 0 Å². The monoisotopic (exact) mass is 450 g/mol. The van der Waals surface area contributed by atoms with E-state index in [4.69, 9.17) is 19.7 Å². The number of carbonyl (C=O) groups excluding carboxylic acids is 1. The van der Waals surface area contributed by atoms with Gasteiger partial charge in [-0.15, -0.1) is 0 Å². The van der Waals surface area contributed by atoms with E-state index in [0.717, 1.165) is 67.1 Å². The molecule has 2 aliphatic rings. The van der Waals surface area contributed by atoms with Gasteiger partial charge in [0, 0.05) is 44.2 Å². The number of nitrogens with zero attached hydrogens (tertiary/aromatic N) is 6. The third kappa shape index (κ3) is 4.30. The Morgan fingerprint density at radius 2 is 1.94 bits per heavy atom. The van der Waals surface area contributed by atoms with Crippen molar-refractivity contribution in [3.63, 3.8) is 0 Å². The molecule has 2 fully saturated rings. The molecule has 33 heavy (non-hydrogen) atoms. The number of imidazole rings is 1. The number of aliphatic hydroxyl groups excluding tert-OH is 1. The van der Waals surface area contributed by atoms with Crippen LogP contribution in [0, 0.1) is 0 Å². The number of hydrogen-bond donors (Lipinski definition) is 1. The second-order valence-corrected chi connectivity index (χ2v) is 8.62. The molecular weight excluding hydrogens is 420 g/mol. The number of fused-ring (bicyclic) bond motifs is 1. The quantitative estimate of drug-likeness (QED) is 0.638. The molecule has 0 spiro atoms. The van der Waals surface area contributed by atoms with Gasteiger partial charge in [-0.25, -0.2) is 15.0 Å². The number of amides is 1. The second kappa shape index (κ2) is 9.44. The molecule has 1 aromatic carbocycles. The van der Waals surface area contributed by atoms with Crippen LogP contribution in [0.1, 0.15) is 37.8 Å². The molecule has 2 aromatic heterocycles. The maximum absolute atomic E-state index is 12.1. The lowest BCUT2D eigenvalue weighted by molar-refractivity contribution is -0.132. The summed E-state index contributed by atoms with van der Waals surface area (Å²) in [4.78, 5) is 30.9. The molecule has 9 heteroatoms. The van der Waals surface area contributed by atoms with Crippen LogP contribution >= 0.6 is 0 Å². The average Bonchev–Trinajstić information content (AvgIpc) is 3.32. The first-order chi connectivity index (χ1) is 16.2. The van der Waals surface area contributed by atoms with E-state index in [1.165, 1.54) is 0 Å². The van der Waals surface area contributed by atoms with E-state index in [1.807, 2.05) is 42.4 Å². The Hall–Kier alpha value is -3.04. The summed E-state index contributed by atoms with van der Waals surface area (Å²) in [5.74, 6) is 1.66. The summed E-state index contributed by atoms with van der Waals surface area (Å²) >= 11 is 0. The Kier molecular flexibility index (Phi) is 6.24. The van der Waals surface area contributed by atoms with E-state index < -0.39 is 0 Å². The SMILES string of the molecule is CCC(=O)N1CCC(n2cnc3c(N4CCOCC4)nc(-c4cccc(CO)c4)nc32)CC1. The topological polar surface area (TPSA) is 96.6 Å². The van der Waals surface area contributed by atoms with Gasteiger partial charge < -0.3 is 24.2 Å². The van der Waals surface area contributed by atoms with Crippen molar-refractivity contribution in [1.29, 1.82) is 0 Å². The number of benzene rings is 1. The predicted octanol–water partition coefficient (Wildman–Crippen LogP) is 2.40. The summed E-state index contributed by atoms with van der Waals surface area (Å²) in [6.45, 7) is 6.22. The lowest BCUT2D eigenvalue weighted by Crippen LogP contribution is -2.38. The zero-order valence-corrected chi connectivity index (χ0v) is 19.0. The van der Waals surface area contributed by atoms with Gasteiger partial charge in [-0.05, 0) is 24.5 Å². The van der Waals surface area contributed by atoms with Crippen molar-refractivity contribution < 1.29 is 14.6 Å². The van der Waals surface area contributed by atoms with Gasteiger partial charge in [-0.3, -0.25) is 4.79 Å². The molecule has 2 saturated heterocycles. The van der Waals surface area contributed by atoms with E-state index in [9.17, 15) is 9.90 Å². The standard InChI is InChI=1S/C24H30N6O3/c1-2-20(32)28-8-6-19(7-9-28)30-16-25-21-23(29-10-12-33-13-11-29)26-22(27-24(21)30)18-5-3-4-17(14-18)15-31/h3-5,14,16,19,31H,2,6-13,15H2,1H3. The van der Waals surface area contributed by atoms with Crippen LogP contribution in [-0.2, 0) is 16.1 Å². The van der Waals surface area contributed by atoms with Crippen molar-refractivity contribution in [2.45, 2.75) is 38.8 Å². The Balaban J connectivity index is 1.55. The fourth-order valence-electron chi connectivity index (χ4n) is 4.72. The lowest BCUT2D eigenvalue weighted by Gasteiger charge is -2.32. The third-order valence-electron chi connectivity index (χ3n) is 6.59. The number of morpholine rings is 1. The number of piperidine rings is 1. The number of rotatable bonds is 5. The Morgan fingerprint density at radius 3 is 2.67 bits per heavy atom. The Bertz CT molecular complexity index is 1130. The van der Waals surface area contributed by atoms with Crippen molar-refractivity contribution in [3.05, 3.63) is 36.2 Å². The minimum Gasteiger partial charge on any atom is -0.392 e. The average molecular weight is 451 g/mol. The van der Waals surface area contributed by atoms with Crippen LogP contribution in [0.15, 0.2) is 30.6 Å². The molecule has 1 N–H and O–H groups in total. The normalized spacial score (nSPS) is 17.6.